The van der Waals surface area contributed by atoms with Crippen LogP contribution in [0, 0.1) is 5.82 Å². The Labute approximate surface area is 114 Å². The van der Waals surface area contributed by atoms with Gasteiger partial charge in [-0.1, -0.05) is 0 Å². The van der Waals surface area contributed by atoms with E-state index in [2.05, 4.69) is 0 Å². The van der Waals surface area contributed by atoms with Crippen LogP contribution in [0.1, 0.15) is 16.8 Å². The van der Waals surface area contributed by atoms with Gasteiger partial charge in [-0.2, -0.15) is 0 Å². The molecule has 2 heterocycles. The third-order valence-electron chi connectivity index (χ3n) is 3.01. The van der Waals surface area contributed by atoms with E-state index < -0.39 is 0 Å². The maximum absolute atomic E-state index is 13.4. The number of hydrogen-bond donors (Lipinski definition) is 0. The first-order valence-electron chi connectivity index (χ1n) is 6.02. The van der Waals surface area contributed by atoms with Gasteiger partial charge in [0.2, 0.25) is 0 Å². The van der Waals surface area contributed by atoms with Crippen LogP contribution in [0.2, 0.25) is 0 Å². The lowest BCUT2D eigenvalue weighted by Crippen LogP contribution is -2.31. The summed E-state index contributed by atoms with van der Waals surface area (Å²) < 4.78 is 18.4. The van der Waals surface area contributed by atoms with Gasteiger partial charge in [0.25, 0.3) is 5.91 Å². The number of hydrogen-bond acceptors (Lipinski definition) is 3. The molecule has 0 bridgehead atoms. The third kappa shape index (κ3) is 2.38. The quantitative estimate of drug-likeness (QED) is 0.799. The molecule has 0 radical (unpaired) electrons. The van der Waals surface area contributed by atoms with Crippen LogP contribution in [0.15, 0.2) is 46.1 Å². The molecule has 19 heavy (non-hydrogen) atoms. The monoisotopic (exact) mass is 277 g/mol. The second-order valence-electron chi connectivity index (χ2n) is 4.28. The van der Waals surface area contributed by atoms with Gasteiger partial charge >= 0.3 is 0 Å². The molecule has 1 amide bonds. The Kier molecular flexibility index (Phi) is 3.29. The lowest BCUT2D eigenvalue weighted by Gasteiger charge is -2.21. The van der Waals surface area contributed by atoms with E-state index in [0.29, 0.717) is 17.8 Å². The van der Waals surface area contributed by atoms with Crippen molar-refractivity contribution < 1.29 is 13.6 Å². The zero-order valence-corrected chi connectivity index (χ0v) is 11.0. The molecular weight excluding hydrogens is 265 g/mol. The highest BCUT2D eigenvalue weighted by atomic mass is 32.2. The highest BCUT2D eigenvalue weighted by molar-refractivity contribution is 7.99. The van der Waals surface area contributed by atoms with Gasteiger partial charge in [-0.25, -0.2) is 4.39 Å². The molecule has 3 nitrogen and oxygen atoms in total. The van der Waals surface area contributed by atoms with Gasteiger partial charge in [0.15, 0.2) is 0 Å². The summed E-state index contributed by atoms with van der Waals surface area (Å²) in [5.74, 6) is 0.447. The Morgan fingerprint density at radius 1 is 1.37 bits per heavy atom. The summed E-state index contributed by atoms with van der Waals surface area (Å²) in [6, 6.07) is 6.21. The summed E-state index contributed by atoms with van der Waals surface area (Å²) in [6.07, 6.45) is 3.76. The van der Waals surface area contributed by atoms with Crippen molar-refractivity contribution in [2.45, 2.75) is 11.3 Å². The number of fused-ring (bicyclic) bond motifs is 1. The van der Waals surface area contributed by atoms with Gasteiger partial charge in [0.1, 0.15) is 12.1 Å². The van der Waals surface area contributed by atoms with Crippen LogP contribution in [0.3, 0.4) is 0 Å². The Balaban J connectivity index is 2.02. The van der Waals surface area contributed by atoms with E-state index in [-0.39, 0.29) is 11.7 Å². The minimum atomic E-state index is -0.328. The molecule has 0 saturated carbocycles. The molecule has 2 aromatic rings. The Bertz CT molecular complexity index is 597. The summed E-state index contributed by atoms with van der Waals surface area (Å²) in [6.45, 7) is 0.591. The maximum atomic E-state index is 13.4. The first-order valence-corrected chi connectivity index (χ1v) is 7.01. The minimum absolute atomic E-state index is 0.150. The van der Waals surface area contributed by atoms with Crippen LogP contribution in [0.25, 0.3) is 0 Å². The molecule has 0 fully saturated rings. The van der Waals surface area contributed by atoms with E-state index in [1.807, 2.05) is 0 Å². The molecule has 1 aromatic carbocycles. The van der Waals surface area contributed by atoms with Crippen molar-refractivity contribution in [1.82, 2.24) is 0 Å². The fourth-order valence-corrected chi connectivity index (χ4v) is 3.08. The Morgan fingerprint density at radius 3 is 3.05 bits per heavy atom. The Morgan fingerprint density at radius 2 is 2.26 bits per heavy atom. The van der Waals surface area contributed by atoms with Gasteiger partial charge in [-0.05, 0) is 36.4 Å². The molecule has 1 aromatic heterocycles. The molecule has 0 atom stereocenters. The number of carbonyl (C=O) groups is 1. The second kappa shape index (κ2) is 5.09. The largest absolute Gasteiger partial charge is 0.472 e. The topological polar surface area (TPSA) is 33.5 Å². The van der Waals surface area contributed by atoms with Gasteiger partial charge in [0, 0.05) is 11.4 Å². The standard InChI is InChI=1S/C14H12FNO2S/c15-11-2-3-13-12(8-11)16(5-1-7-19-13)14(17)10-4-6-18-9-10/h2-4,6,8-9H,1,5,7H2. The summed E-state index contributed by atoms with van der Waals surface area (Å²) in [4.78, 5) is 15.0. The van der Waals surface area contributed by atoms with Gasteiger partial charge in [-0.15, -0.1) is 11.8 Å². The fourth-order valence-electron chi connectivity index (χ4n) is 2.10. The number of anilines is 1. The molecule has 98 valence electrons. The van der Waals surface area contributed by atoms with Crippen molar-refractivity contribution in [3.8, 4) is 0 Å². The second-order valence-corrected chi connectivity index (χ2v) is 5.42. The normalized spacial score (nSPS) is 14.9. The van der Waals surface area contributed by atoms with Crippen LogP contribution in [-0.2, 0) is 0 Å². The number of nitrogens with zero attached hydrogens (tertiary/aromatic N) is 1. The molecule has 0 aliphatic carbocycles. The van der Waals surface area contributed by atoms with E-state index in [4.69, 9.17) is 4.42 Å². The fraction of sp³-hybridized carbons (Fsp3) is 0.214. The molecule has 1 aliphatic rings. The number of benzene rings is 1. The van der Waals surface area contributed by atoms with Crippen LogP contribution < -0.4 is 4.90 Å². The van der Waals surface area contributed by atoms with E-state index in [1.165, 1.54) is 24.7 Å². The van der Waals surface area contributed by atoms with Crippen LogP contribution >= 0.6 is 11.8 Å². The molecule has 0 unspecified atom stereocenters. The molecule has 5 heteroatoms. The number of rotatable bonds is 1. The van der Waals surface area contributed by atoms with Crippen molar-refractivity contribution in [2.75, 3.05) is 17.2 Å². The zero-order chi connectivity index (χ0) is 13.2. The van der Waals surface area contributed by atoms with Crippen molar-refractivity contribution in [3.63, 3.8) is 0 Å². The smallest absolute Gasteiger partial charge is 0.261 e. The lowest BCUT2D eigenvalue weighted by atomic mass is 10.2. The SMILES string of the molecule is O=C(c1ccoc1)N1CCCSc2ccc(F)cc21. The summed E-state index contributed by atoms with van der Waals surface area (Å²) in [5, 5.41) is 0. The molecular formula is C14H12FNO2S. The maximum Gasteiger partial charge on any atom is 0.261 e. The third-order valence-corrected chi connectivity index (χ3v) is 4.16. The summed E-state index contributed by atoms with van der Waals surface area (Å²) in [7, 11) is 0. The zero-order valence-electron chi connectivity index (χ0n) is 10.1. The lowest BCUT2D eigenvalue weighted by molar-refractivity contribution is 0.0986. The van der Waals surface area contributed by atoms with Crippen molar-refractivity contribution in [3.05, 3.63) is 48.2 Å². The highest BCUT2D eigenvalue weighted by Crippen LogP contribution is 2.35. The average molecular weight is 277 g/mol. The number of halogens is 1. The van der Waals surface area contributed by atoms with E-state index in [1.54, 1.807) is 28.8 Å². The van der Waals surface area contributed by atoms with E-state index in [9.17, 15) is 9.18 Å². The predicted octanol–water partition coefficient (Wildman–Crippen LogP) is 3.56. The van der Waals surface area contributed by atoms with Crippen molar-refractivity contribution in [2.24, 2.45) is 0 Å². The molecule has 0 saturated heterocycles. The number of thioether (sulfide) groups is 1. The van der Waals surface area contributed by atoms with Crippen LogP contribution in [-0.4, -0.2) is 18.2 Å². The summed E-state index contributed by atoms with van der Waals surface area (Å²) >= 11 is 1.65. The van der Waals surface area contributed by atoms with Crippen molar-refractivity contribution in [1.29, 1.82) is 0 Å². The predicted molar refractivity (Wildman–Crippen MR) is 72.1 cm³/mol. The van der Waals surface area contributed by atoms with E-state index in [0.717, 1.165) is 17.1 Å². The summed E-state index contributed by atoms with van der Waals surface area (Å²) in [5.41, 5.74) is 1.14. The highest BCUT2D eigenvalue weighted by Gasteiger charge is 2.23. The van der Waals surface area contributed by atoms with Gasteiger partial charge in [-0.3, -0.25) is 4.79 Å². The Hall–Kier alpha value is -1.75. The van der Waals surface area contributed by atoms with Crippen LogP contribution in [0.5, 0.6) is 0 Å². The van der Waals surface area contributed by atoms with E-state index >= 15 is 0 Å². The van der Waals surface area contributed by atoms with Crippen molar-refractivity contribution >= 4 is 23.4 Å². The average Bonchev–Trinajstić information content (AvgIpc) is 2.86. The van der Waals surface area contributed by atoms with Gasteiger partial charge in [0.05, 0.1) is 17.5 Å². The molecule has 0 spiro atoms. The molecule has 3 rings (SSSR count). The minimum Gasteiger partial charge on any atom is -0.472 e. The first kappa shape index (κ1) is 12.3. The number of carbonyl (C=O) groups excluding carboxylic acids is 1. The molecule has 0 N–H and O–H groups in total. The first-order chi connectivity index (χ1) is 9.25. The van der Waals surface area contributed by atoms with Crippen LogP contribution in [0.4, 0.5) is 10.1 Å². The molecule has 1 aliphatic heterocycles. The van der Waals surface area contributed by atoms with Gasteiger partial charge < -0.3 is 9.32 Å². The number of furan rings is 1. The number of amides is 1.